The molecule has 0 radical (unpaired) electrons. The molecule has 0 heterocycles. The number of hydrogen-bond acceptors (Lipinski definition) is 2. The quantitative estimate of drug-likeness (QED) is 0.854. The summed E-state index contributed by atoms with van der Waals surface area (Å²) in [7, 11) is 0. The summed E-state index contributed by atoms with van der Waals surface area (Å²) in [6, 6.07) is 15.2. The maximum absolute atomic E-state index is 10.1. The summed E-state index contributed by atoms with van der Waals surface area (Å²) < 4.78 is 5.55. The van der Waals surface area contributed by atoms with Crippen molar-refractivity contribution < 1.29 is 9.84 Å². The smallest absolute Gasteiger partial charge is 0.120 e. The lowest BCUT2D eigenvalue weighted by Gasteiger charge is -2.13. The molecule has 1 unspecified atom stereocenters. The SMILES string of the molecule is CCCc1ccc(C(O)COc2cccc(Cl)c2)cc1. The summed E-state index contributed by atoms with van der Waals surface area (Å²) in [5.74, 6) is 0.666. The van der Waals surface area contributed by atoms with E-state index in [4.69, 9.17) is 16.3 Å². The molecule has 0 spiro atoms. The highest BCUT2D eigenvalue weighted by Gasteiger charge is 2.08. The molecule has 0 aliphatic carbocycles. The number of aliphatic hydroxyl groups is 1. The summed E-state index contributed by atoms with van der Waals surface area (Å²) >= 11 is 5.88. The van der Waals surface area contributed by atoms with Gasteiger partial charge in [0.1, 0.15) is 18.5 Å². The normalized spacial score (nSPS) is 12.2. The van der Waals surface area contributed by atoms with Gasteiger partial charge in [0.25, 0.3) is 0 Å². The first-order chi connectivity index (χ1) is 9.69. The Morgan fingerprint density at radius 2 is 1.90 bits per heavy atom. The van der Waals surface area contributed by atoms with Gasteiger partial charge in [-0.15, -0.1) is 0 Å². The van der Waals surface area contributed by atoms with Gasteiger partial charge in [0.2, 0.25) is 0 Å². The Morgan fingerprint density at radius 3 is 2.55 bits per heavy atom. The Balaban J connectivity index is 1.92. The van der Waals surface area contributed by atoms with Gasteiger partial charge in [-0.05, 0) is 35.7 Å². The Morgan fingerprint density at radius 1 is 1.15 bits per heavy atom. The molecule has 0 saturated carbocycles. The van der Waals surface area contributed by atoms with Gasteiger partial charge in [-0.25, -0.2) is 0 Å². The van der Waals surface area contributed by atoms with Crippen LogP contribution in [0.2, 0.25) is 5.02 Å². The van der Waals surface area contributed by atoms with Gasteiger partial charge in [0.05, 0.1) is 0 Å². The van der Waals surface area contributed by atoms with Crippen molar-refractivity contribution in [1.82, 2.24) is 0 Å². The molecule has 3 heteroatoms. The lowest BCUT2D eigenvalue weighted by atomic mass is 10.0. The highest BCUT2D eigenvalue weighted by atomic mass is 35.5. The van der Waals surface area contributed by atoms with E-state index in [0.717, 1.165) is 18.4 Å². The zero-order chi connectivity index (χ0) is 14.4. The van der Waals surface area contributed by atoms with E-state index < -0.39 is 6.10 Å². The van der Waals surface area contributed by atoms with Crippen LogP contribution in [0.25, 0.3) is 0 Å². The Hall–Kier alpha value is -1.51. The van der Waals surface area contributed by atoms with E-state index in [-0.39, 0.29) is 6.61 Å². The van der Waals surface area contributed by atoms with E-state index in [1.165, 1.54) is 5.56 Å². The van der Waals surface area contributed by atoms with Gasteiger partial charge in [0.15, 0.2) is 0 Å². The number of ether oxygens (including phenoxy) is 1. The second-order valence-electron chi connectivity index (χ2n) is 4.78. The van der Waals surface area contributed by atoms with Crippen LogP contribution in [0, 0.1) is 0 Å². The van der Waals surface area contributed by atoms with Crippen LogP contribution in [-0.4, -0.2) is 11.7 Å². The molecule has 20 heavy (non-hydrogen) atoms. The summed E-state index contributed by atoms with van der Waals surface area (Å²) in [5.41, 5.74) is 2.16. The number of rotatable bonds is 6. The average molecular weight is 291 g/mol. The Labute approximate surface area is 125 Å². The summed E-state index contributed by atoms with van der Waals surface area (Å²) in [6.45, 7) is 2.37. The largest absolute Gasteiger partial charge is 0.490 e. The molecule has 2 nitrogen and oxygen atoms in total. The number of hydrogen-bond donors (Lipinski definition) is 1. The fraction of sp³-hybridized carbons (Fsp3) is 0.294. The predicted molar refractivity (Wildman–Crippen MR) is 82.3 cm³/mol. The number of halogens is 1. The van der Waals surface area contributed by atoms with E-state index >= 15 is 0 Å². The van der Waals surface area contributed by atoms with Gasteiger partial charge in [-0.1, -0.05) is 55.3 Å². The molecule has 0 fully saturated rings. The molecule has 2 aromatic rings. The molecule has 0 aromatic heterocycles. The fourth-order valence-electron chi connectivity index (χ4n) is 2.02. The van der Waals surface area contributed by atoms with Crippen molar-refractivity contribution in [3.05, 3.63) is 64.7 Å². The monoisotopic (exact) mass is 290 g/mol. The molecule has 106 valence electrons. The van der Waals surface area contributed by atoms with E-state index in [0.29, 0.717) is 10.8 Å². The van der Waals surface area contributed by atoms with Gasteiger partial charge in [0, 0.05) is 5.02 Å². The lowest BCUT2D eigenvalue weighted by Crippen LogP contribution is -2.09. The van der Waals surface area contributed by atoms with Gasteiger partial charge < -0.3 is 9.84 Å². The minimum Gasteiger partial charge on any atom is -0.490 e. The van der Waals surface area contributed by atoms with Crippen molar-refractivity contribution in [3.8, 4) is 5.75 Å². The summed E-state index contributed by atoms with van der Waals surface area (Å²) in [4.78, 5) is 0. The molecule has 0 amide bonds. The molecular formula is C17H19ClO2. The van der Waals surface area contributed by atoms with Crippen molar-refractivity contribution in [2.24, 2.45) is 0 Å². The Bertz CT molecular complexity index is 537. The first-order valence-corrected chi connectivity index (χ1v) is 7.22. The molecule has 1 atom stereocenters. The average Bonchev–Trinajstić information content (AvgIpc) is 2.46. The predicted octanol–water partition coefficient (Wildman–Crippen LogP) is 4.40. The fourth-order valence-corrected chi connectivity index (χ4v) is 2.20. The van der Waals surface area contributed by atoms with Crippen LogP contribution in [0.3, 0.4) is 0 Å². The van der Waals surface area contributed by atoms with Crippen LogP contribution in [0.1, 0.15) is 30.6 Å². The maximum atomic E-state index is 10.1. The number of aryl methyl sites for hydroxylation is 1. The van der Waals surface area contributed by atoms with Crippen LogP contribution in [0.4, 0.5) is 0 Å². The van der Waals surface area contributed by atoms with Crippen molar-refractivity contribution >= 4 is 11.6 Å². The molecule has 1 N–H and O–H groups in total. The van der Waals surface area contributed by atoms with Crippen molar-refractivity contribution in [2.45, 2.75) is 25.9 Å². The number of aliphatic hydroxyl groups excluding tert-OH is 1. The first-order valence-electron chi connectivity index (χ1n) is 6.84. The highest BCUT2D eigenvalue weighted by molar-refractivity contribution is 6.30. The molecule has 0 aliphatic heterocycles. The minimum absolute atomic E-state index is 0.216. The van der Waals surface area contributed by atoms with Crippen LogP contribution >= 0.6 is 11.6 Å². The molecule has 0 aliphatic rings. The summed E-state index contributed by atoms with van der Waals surface area (Å²) in [6.07, 6.45) is 1.56. The van der Waals surface area contributed by atoms with Gasteiger partial charge in [-0.2, -0.15) is 0 Å². The maximum Gasteiger partial charge on any atom is 0.120 e. The molecule has 2 aromatic carbocycles. The number of benzene rings is 2. The van der Waals surface area contributed by atoms with Crippen molar-refractivity contribution in [1.29, 1.82) is 0 Å². The standard InChI is InChI=1S/C17H19ClO2/c1-2-4-13-7-9-14(10-8-13)17(19)12-20-16-6-3-5-15(18)11-16/h3,5-11,17,19H,2,4,12H2,1H3. The van der Waals surface area contributed by atoms with Crippen molar-refractivity contribution in [2.75, 3.05) is 6.61 Å². The van der Waals surface area contributed by atoms with Crippen molar-refractivity contribution in [3.63, 3.8) is 0 Å². The lowest BCUT2D eigenvalue weighted by molar-refractivity contribution is 0.108. The van der Waals surface area contributed by atoms with E-state index in [9.17, 15) is 5.11 Å². The highest BCUT2D eigenvalue weighted by Crippen LogP contribution is 2.20. The third-order valence-corrected chi connectivity index (χ3v) is 3.34. The second-order valence-corrected chi connectivity index (χ2v) is 5.21. The molecular weight excluding hydrogens is 272 g/mol. The van der Waals surface area contributed by atoms with Gasteiger partial charge in [-0.3, -0.25) is 0 Å². The van der Waals surface area contributed by atoms with E-state index in [2.05, 4.69) is 19.1 Å². The van der Waals surface area contributed by atoms with Crippen LogP contribution in [0.15, 0.2) is 48.5 Å². The summed E-state index contributed by atoms with van der Waals surface area (Å²) in [5, 5.41) is 10.7. The zero-order valence-corrected chi connectivity index (χ0v) is 12.3. The van der Waals surface area contributed by atoms with E-state index in [1.54, 1.807) is 12.1 Å². The molecule has 2 rings (SSSR count). The first kappa shape index (κ1) is 14.9. The third-order valence-electron chi connectivity index (χ3n) is 3.11. The van der Waals surface area contributed by atoms with Crippen LogP contribution in [-0.2, 0) is 6.42 Å². The third kappa shape index (κ3) is 4.26. The zero-order valence-electron chi connectivity index (χ0n) is 11.6. The topological polar surface area (TPSA) is 29.5 Å². The second kappa shape index (κ2) is 7.32. The van der Waals surface area contributed by atoms with Gasteiger partial charge >= 0.3 is 0 Å². The molecule has 0 bridgehead atoms. The molecule has 0 saturated heterocycles. The van der Waals surface area contributed by atoms with Crippen LogP contribution < -0.4 is 4.74 Å². The van der Waals surface area contributed by atoms with Crippen LogP contribution in [0.5, 0.6) is 5.75 Å². The minimum atomic E-state index is -0.635. The Kier molecular flexibility index (Phi) is 5.45. The van der Waals surface area contributed by atoms with E-state index in [1.807, 2.05) is 24.3 Å².